The molecule has 0 saturated carbocycles. The summed E-state index contributed by atoms with van der Waals surface area (Å²) < 4.78 is 4.31. The molecule has 5 N–H and O–H groups in total. The highest BCUT2D eigenvalue weighted by Gasteiger charge is 2.25. The number of carboxylic acid groups (broad SMARTS) is 2. The summed E-state index contributed by atoms with van der Waals surface area (Å²) in [5.41, 5.74) is 5.27. The molecule has 0 bridgehead atoms. The first-order valence-electron chi connectivity index (χ1n) is 7.17. The molecule has 8 heteroatoms. The molecule has 8 nitrogen and oxygen atoms in total. The molecule has 4 atom stereocenters. The van der Waals surface area contributed by atoms with E-state index in [-0.39, 0.29) is 11.8 Å². The third-order valence-corrected chi connectivity index (χ3v) is 3.48. The first-order valence-corrected chi connectivity index (χ1v) is 7.17. The van der Waals surface area contributed by atoms with Crippen LogP contribution in [-0.2, 0) is 14.3 Å². The average Bonchev–Trinajstić information content (AvgIpc) is 2.49. The number of ether oxygens (including phenoxy) is 1. The molecule has 1 amide bonds. The predicted octanol–water partition coefficient (Wildman–Crippen LogP) is 1.29. The molecule has 0 aromatic rings. The molecule has 0 fully saturated rings. The van der Waals surface area contributed by atoms with Crippen molar-refractivity contribution in [1.82, 2.24) is 5.32 Å². The lowest BCUT2D eigenvalue weighted by atomic mass is 10.00. The molecule has 0 heterocycles. The molecule has 0 aliphatic carbocycles. The van der Waals surface area contributed by atoms with Gasteiger partial charge in [0.25, 0.3) is 0 Å². The molecule has 0 unspecified atom stereocenters. The van der Waals surface area contributed by atoms with Crippen molar-refractivity contribution in [3.8, 4) is 0 Å². The summed E-state index contributed by atoms with van der Waals surface area (Å²) in [7, 11) is 1.20. The number of carbonyl (C=O) groups excluding carboxylic acids is 1. The highest BCUT2D eigenvalue weighted by Crippen LogP contribution is 2.07. The standard InChI is InChI=1S/C8H15NO4.C6H13NO2/c1-4-5(2)6(7(10)11)9-8(12)13-3;1-3-4(2)5(7)6(8)9/h5-6H,4H2,1-3H3,(H,9,12)(H,10,11);4-5H,3,7H2,1-2H3,(H,8,9)/t5-,6+;4-,5+/m11/s1. The number of alkyl carbamates (subject to hydrolysis) is 1. The lowest BCUT2D eigenvalue weighted by Gasteiger charge is -2.18. The fraction of sp³-hybridized carbons (Fsp3) is 0.786. The summed E-state index contributed by atoms with van der Waals surface area (Å²) in [6, 6.07) is -1.58. The predicted molar refractivity (Wildman–Crippen MR) is 81.5 cm³/mol. The SMILES string of the molecule is CC[C@@H](C)[C@H](N)C(=O)O.CC[C@@H](C)[C@H](NC(=O)OC)C(=O)O. The number of nitrogens with two attached hydrogens (primary N) is 1. The maximum atomic E-state index is 10.8. The van der Waals surface area contributed by atoms with Gasteiger partial charge in [0.15, 0.2) is 0 Å². The Morgan fingerprint density at radius 1 is 1.05 bits per heavy atom. The Hall–Kier alpha value is -1.83. The zero-order valence-electron chi connectivity index (χ0n) is 13.8. The molecule has 0 aromatic carbocycles. The molecule has 130 valence electrons. The van der Waals surface area contributed by atoms with E-state index in [1.165, 1.54) is 7.11 Å². The van der Waals surface area contributed by atoms with Crippen LogP contribution in [0.1, 0.15) is 40.5 Å². The third kappa shape index (κ3) is 9.17. The largest absolute Gasteiger partial charge is 0.480 e. The van der Waals surface area contributed by atoms with Crippen molar-refractivity contribution < 1.29 is 29.3 Å². The van der Waals surface area contributed by atoms with E-state index in [2.05, 4.69) is 10.1 Å². The van der Waals surface area contributed by atoms with Crippen LogP contribution in [0, 0.1) is 11.8 Å². The highest BCUT2D eigenvalue weighted by molar-refractivity contribution is 5.80. The molecule has 22 heavy (non-hydrogen) atoms. The van der Waals surface area contributed by atoms with Crippen LogP contribution in [0.25, 0.3) is 0 Å². The van der Waals surface area contributed by atoms with Crippen LogP contribution >= 0.6 is 0 Å². The van der Waals surface area contributed by atoms with Gasteiger partial charge in [-0.2, -0.15) is 0 Å². The van der Waals surface area contributed by atoms with Crippen molar-refractivity contribution in [2.24, 2.45) is 17.6 Å². The van der Waals surface area contributed by atoms with Crippen LogP contribution in [0.3, 0.4) is 0 Å². The van der Waals surface area contributed by atoms with Crippen LogP contribution in [0.15, 0.2) is 0 Å². The topological polar surface area (TPSA) is 139 Å². The number of hydrogen-bond donors (Lipinski definition) is 4. The van der Waals surface area contributed by atoms with Gasteiger partial charge in [-0.05, 0) is 11.8 Å². The smallest absolute Gasteiger partial charge is 0.407 e. The Bertz CT molecular complexity index is 361. The third-order valence-electron chi connectivity index (χ3n) is 3.48. The summed E-state index contributed by atoms with van der Waals surface area (Å²) in [4.78, 5) is 31.6. The van der Waals surface area contributed by atoms with Crippen molar-refractivity contribution in [2.75, 3.05) is 7.11 Å². The summed E-state index contributed by atoms with van der Waals surface area (Å²) in [5, 5.41) is 19.4. The number of hydrogen-bond acceptors (Lipinski definition) is 5. The maximum absolute atomic E-state index is 10.8. The molecule has 0 spiro atoms. The number of aliphatic carboxylic acids is 2. The van der Waals surface area contributed by atoms with E-state index < -0.39 is 30.1 Å². The molecule has 0 aromatic heterocycles. The van der Waals surface area contributed by atoms with E-state index in [1.54, 1.807) is 6.92 Å². The molecule has 0 aliphatic heterocycles. The Labute approximate surface area is 131 Å². The second-order valence-electron chi connectivity index (χ2n) is 5.09. The lowest BCUT2D eigenvalue weighted by Crippen LogP contribution is -2.44. The molecular weight excluding hydrogens is 292 g/mol. The van der Waals surface area contributed by atoms with Crippen LogP contribution in [0.5, 0.6) is 0 Å². The maximum Gasteiger partial charge on any atom is 0.407 e. The number of nitrogens with one attached hydrogen (secondary N) is 1. The highest BCUT2D eigenvalue weighted by atomic mass is 16.5. The minimum absolute atomic E-state index is 0.0718. The van der Waals surface area contributed by atoms with Gasteiger partial charge in [0.1, 0.15) is 12.1 Å². The summed E-state index contributed by atoms with van der Waals surface area (Å²) in [6.45, 7) is 7.38. The van der Waals surface area contributed by atoms with Crippen LogP contribution < -0.4 is 11.1 Å². The van der Waals surface area contributed by atoms with Crippen molar-refractivity contribution in [1.29, 1.82) is 0 Å². The monoisotopic (exact) mass is 320 g/mol. The van der Waals surface area contributed by atoms with Gasteiger partial charge < -0.3 is 26.0 Å². The Morgan fingerprint density at radius 2 is 1.50 bits per heavy atom. The lowest BCUT2D eigenvalue weighted by molar-refractivity contribution is -0.141. The van der Waals surface area contributed by atoms with E-state index in [9.17, 15) is 14.4 Å². The summed E-state index contributed by atoms with van der Waals surface area (Å²) in [5.74, 6) is -2.00. The minimum atomic E-state index is -1.04. The van der Waals surface area contributed by atoms with Crippen molar-refractivity contribution in [3.05, 3.63) is 0 Å². The van der Waals surface area contributed by atoms with Gasteiger partial charge >= 0.3 is 18.0 Å². The number of methoxy groups -OCH3 is 1. The molecular formula is C14H28N2O6. The Balaban J connectivity index is 0. The normalized spacial score (nSPS) is 15.4. The van der Waals surface area contributed by atoms with Gasteiger partial charge in [-0.15, -0.1) is 0 Å². The average molecular weight is 320 g/mol. The number of carboxylic acids is 2. The van der Waals surface area contributed by atoms with Crippen LogP contribution in [0.4, 0.5) is 4.79 Å². The van der Waals surface area contributed by atoms with Crippen molar-refractivity contribution in [2.45, 2.75) is 52.6 Å². The molecule has 0 aliphatic rings. The first kappa shape index (κ1) is 22.5. The summed E-state index contributed by atoms with van der Waals surface area (Å²) in [6.07, 6.45) is 0.779. The van der Waals surface area contributed by atoms with Gasteiger partial charge in [0.2, 0.25) is 0 Å². The molecule has 0 saturated heterocycles. The quantitative estimate of drug-likeness (QED) is 0.554. The van der Waals surface area contributed by atoms with E-state index in [0.29, 0.717) is 6.42 Å². The van der Waals surface area contributed by atoms with Crippen LogP contribution in [-0.4, -0.2) is 47.4 Å². The zero-order valence-corrected chi connectivity index (χ0v) is 13.8. The molecule has 0 radical (unpaired) electrons. The van der Waals surface area contributed by atoms with Gasteiger partial charge in [0, 0.05) is 0 Å². The van der Waals surface area contributed by atoms with Crippen LogP contribution in [0.2, 0.25) is 0 Å². The van der Waals surface area contributed by atoms with E-state index in [4.69, 9.17) is 15.9 Å². The fourth-order valence-electron chi connectivity index (χ4n) is 1.37. The minimum Gasteiger partial charge on any atom is -0.480 e. The Morgan fingerprint density at radius 3 is 1.73 bits per heavy atom. The van der Waals surface area contributed by atoms with Crippen molar-refractivity contribution in [3.63, 3.8) is 0 Å². The first-order chi connectivity index (χ1) is 10.1. The van der Waals surface area contributed by atoms with E-state index in [0.717, 1.165) is 6.42 Å². The summed E-state index contributed by atoms with van der Waals surface area (Å²) >= 11 is 0. The number of carbonyl (C=O) groups is 3. The number of amides is 1. The van der Waals surface area contributed by atoms with E-state index in [1.807, 2.05) is 20.8 Å². The number of rotatable bonds is 7. The second kappa shape index (κ2) is 11.8. The Kier molecular flexibility index (Phi) is 12.0. The van der Waals surface area contributed by atoms with Gasteiger partial charge in [0.05, 0.1) is 7.11 Å². The van der Waals surface area contributed by atoms with Gasteiger partial charge in [-0.1, -0.05) is 40.5 Å². The second-order valence-corrected chi connectivity index (χ2v) is 5.09. The fourth-order valence-corrected chi connectivity index (χ4v) is 1.37. The zero-order chi connectivity index (χ0) is 17.9. The van der Waals surface area contributed by atoms with Gasteiger partial charge in [-0.25, -0.2) is 9.59 Å². The van der Waals surface area contributed by atoms with Crippen molar-refractivity contribution >= 4 is 18.0 Å². The van der Waals surface area contributed by atoms with E-state index >= 15 is 0 Å². The molecule has 0 rings (SSSR count). The van der Waals surface area contributed by atoms with Gasteiger partial charge in [-0.3, -0.25) is 4.79 Å².